The van der Waals surface area contributed by atoms with Gasteiger partial charge in [0.2, 0.25) is 0 Å². The van der Waals surface area contributed by atoms with Gasteiger partial charge in [-0.15, -0.1) is 0 Å². The molecule has 0 unspecified atom stereocenters. The van der Waals surface area contributed by atoms with Gasteiger partial charge in [0.25, 0.3) is 0 Å². The molecule has 0 amide bonds. The number of nitrogen functional groups attached to an aromatic ring is 1. The molecule has 0 aliphatic rings. The van der Waals surface area contributed by atoms with E-state index < -0.39 is 32.4 Å². The highest BCUT2D eigenvalue weighted by Gasteiger charge is 2.37. The average Bonchev–Trinajstić information content (AvgIpc) is 2.88. The van der Waals surface area contributed by atoms with E-state index in [2.05, 4.69) is 4.74 Å². The molecule has 0 aliphatic heterocycles. The third-order valence-electron chi connectivity index (χ3n) is 3.49. The van der Waals surface area contributed by atoms with Crippen LogP contribution in [0.4, 0.5) is 18.9 Å². The van der Waals surface area contributed by atoms with Crippen molar-refractivity contribution in [1.29, 1.82) is 5.26 Å². The number of rotatable bonds is 3. The highest BCUT2D eigenvalue weighted by atomic mass is 32.2. The highest BCUT2D eigenvalue weighted by Crippen LogP contribution is 2.36. The maximum atomic E-state index is 13.3. The smallest absolute Gasteiger partial charge is 0.417 e. The molecule has 0 fully saturated rings. The second-order valence-corrected chi connectivity index (χ2v) is 7.21. The standard InChI is InChI=1S/C15H12F3N3O4S/c1-25-14(22)13-12(20)8(6-19)7-21(13)9-3-4-11(26(2,23)24)10(5-9)15(16,17)18/h3-5,7H,20H2,1-2H3. The van der Waals surface area contributed by atoms with Crippen molar-refractivity contribution in [2.24, 2.45) is 0 Å². The Kier molecular flexibility index (Phi) is 4.74. The van der Waals surface area contributed by atoms with Crippen molar-refractivity contribution in [1.82, 2.24) is 4.57 Å². The number of ether oxygens (including phenoxy) is 1. The monoisotopic (exact) mass is 387 g/mol. The molecule has 26 heavy (non-hydrogen) atoms. The summed E-state index contributed by atoms with van der Waals surface area (Å²) in [5, 5.41) is 9.04. The van der Waals surface area contributed by atoms with E-state index in [1.165, 1.54) is 0 Å². The molecular formula is C15H12F3N3O4S. The van der Waals surface area contributed by atoms with Crippen LogP contribution in [0.1, 0.15) is 21.6 Å². The maximum Gasteiger partial charge on any atom is 0.417 e. The lowest BCUT2D eigenvalue weighted by molar-refractivity contribution is -0.139. The van der Waals surface area contributed by atoms with E-state index in [0.717, 1.165) is 30.0 Å². The van der Waals surface area contributed by atoms with Crippen LogP contribution < -0.4 is 5.73 Å². The first-order valence-corrected chi connectivity index (χ1v) is 8.71. The SMILES string of the molecule is COC(=O)c1c(N)c(C#N)cn1-c1ccc(S(C)(=O)=O)c(C(F)(F)F)c1. The molecule has 7 nitrogen and oxygen atoms in total. The molecule has 0 radical (unpaired) electrons. The first-order chi connectivity index (χ1) is 11.9. The number of methoxy groups -OCH3 is 1. The average molecular weight is 387 g/mol. The molecule has 2 rings (SSSR count). The van der Waals surface area contributed by atoms with Gasteiger partial charge in [0.1, 0.15) is 6.07 Å². The van der Waals surface area contributed by atoms with Gasteiger partial charge in [0.05, 0.1) is 28.8 Å². The van der Waals surface area contributed by atoms with Crippen molar-refractivity contribution in [2.75, 3.05) is 19.1 Å². The Morgan fingerprint density at radius 2 is 1.96 bits per heavy atom. The number of nitriles is 1. The van der Waals surface area contributed by atoms with Crippen LogP contribution in [0.3, 0.4) is 0 Å². The third kappa shape index (κ3) is 3.36. The van der Waals surface area contributed by atoms with Crippen molar-refractivity contribution in [3.05, 3.63) is 41.2 Å². The summed E-state index contributed by atoms with van der Waals surface area (Å²) in [6, 6.07) is 4.12. The van der Waals surface area contributed by atoms with Crippen LogP contribution in [0.2, 0.25) is 0 Å². The number of alkyl halides is 3. The fraction of sp³-hybridized carbons (Fsp3) is 0.200. The number of halogens is 3. The molecular weight excluding hydrogens is 375 g/mol. The Labute approximate surface area is 146 Å². The normalized spacial score (nSPS) is 11.8. The summed E-state index contributed by atoms with van der Waals surface area (Å²) in [6.45, 7) is 0. The Balaban J connectivity index is 2.83. The molecule has 2 N–H and O–H groups in total. The maximum absolute atomic E-state index is 13.3. The van der Waals surface area contributed by atoms with Crippen molar-refractivity contribution in [3.63, 3.8) is 0 Å². The molecule has 0 saturated heterocycles. The molecule has 0 saturated carbocycles. The summed E-state index contributed by atoms with van der Waals surface area (Å²) in [6.07, 6.45) is -3.24. The molecule has 0 spiro atoms. The number of carbonyl (C=O) groups excluding carboxylic acids is 1. The number of nitrogens with zero attached hydrogens (tertiary/aromatic N) is 2. The third-order valence-corrected chi connectivity index (χ3v) is 4.64. The zero-order valence-corrected chi connectivity index (χ0v) is 14.3. The summed E-state index contributed by atoms with van der Waals surface area (Å²) in [5.74, 6) is -0.968. The highest BCUT2D eigenvalue weighted by molar-refractivity contribution is 7.90. The molecule has 0 bridgehead atoms. The van der Waals surface area contributed by atoms with E-state index in [1.807, 2.05) is 0 Å². The molecule has 1 aromatic heterocycles. The summed E-state index contributed by atoms with van der Waals surface area (Å²) >= 11 is 0. The Morgan fingerprint density at radius 3 is 2.42 bits per heavy atom. The minimum atomic E-state index is -4.96. The minimum Gasteiger partial charge on any atom is -0.464 e. The van der Waals surface area contributed by atoms with E-state index in [4.69, 9.17) is 11.0 Å². The molecule has 0 aliphatic carbocycles. The number of hydrogen-bond donors (Lipinski definition) is 1. The second-order valence-electron chi connectivity index (χ2n) is 5.23. The molecule has 1 heterocycles. The predicted molar refractivity (Wildman–Crippen MR) is 84.3 cm³/mol. The van der Waals surface area contributed by atoms with Gasteiger partial charge >= 0.3 is 12.1 Å². The molecule has 11 heteroatoms. The predicted octanol–water partition coefficient (Wildman–Crippen LogP) is 2.14. The van der Waals surface area contributed by atoms with Crippen LogP contribution in [0, 0.1) is 11.3 Å². The van der Waals surface area contributed by atoms with E-state index in [-0.39, 0.29) is 22.6 Å². The fourth-order valence-electron chi connectivity index (χ4n) is 2.33. The number of anilines is 1. The summed E-state index contributed by atoms with van der Waals surface area (Å²) in [7, 11) is -3.11. The number of sulfone groups is 1. The van der Waals surface area contributed by atoms with Crippen LogP contribution >= 0.6 is 0 Å². The number of carbonyl (C=O) groups is 1. The van der Waals surface area contributed by atoms with E-state index in [1.54, 1.807) is 6.07 Å². The van der Waals surface area contributed by atoms with Crippen molar-refractivity contribution in [2.45, 2.75) is 11.1 Å². The molecule has 138 valence electrons. The number of esters is 1. The van der Waals surface area contributed by atoms with Gasteiger partial charge < -0.3 is 15.0 Å². The Morgan fingerprint density at radius 1 is 1.35 bits per heavy atom. The second kappa shape index (κ2) is 6.38. The molecule has 2 aromatic rings. The van der Waals surface area contributed by atoms with Crippen LogP contribution in [-0.4, -0.2) is 32.3 Å². The lowest BCUT2D eigenvalue weighted by Crippen LogP contribution is -2.15. The Hall–Kier alpha value is -3.00. The Bertz CT molecular complexity index is 1030. The zero-order valence-electron chi connectivity index (χ0n) is 13.5. The van der Waals surface area contributed by atoms with E-state index in [0.29, 0.717) is 12.3 Å². The van der Waals surface area contributed by atoms with Gasteiger partial charge in [-0.25, -0.2) is 13.2 Å². The van der Waals surface area contributed by atoms with Gasteiger partial charge in [0, 0.05) is 18.1 Å². The van der Waals surface area contributed by atoms with Crippen molar-refractivity contribution >= 4 is 21.5 Å². The first-order valence-electron chi connectivity index (χ1n) is 6.82. The quantitative estimate of drug-likeness (QED) is 0.807. The van der Waals surface area contributed by atoms with E-state index in [9.17, 15) is 26.4 Å². The van der Waals surface area contributed by atoms with Gasteiger partial charge in [0.15, 0.2) is 15.5 Å². The van der Waals surface area contributed by atoms with Crippen molar-refractivity contribution in [3.8, 4) is 11.8 Å². The van der Waals surface area contributed by atoms with Crippen LogP contribution in [-0.2, 0) is 20.8 Å². The first kappa shape index (κ1) is 19.3. The largest absolute Gasteiger partial charge is 0.464 e. The van der Waals surface area contributed by atoms with Crippen molar-refractivity contribution < 1.29 is 31.1 Å². The number of aromatic nitrogens is 1. The van der Waals surface area contributed by atoms with Crippen LogP contribution in [0.15, 0.2) is 29.3 Å². The number of nitrogens with two attached hydrogens (primary N) is 1. The van der Waals surface area contributed by atoms with Gasteiger partial charge in [-0.05, 0) is 18.2 Å². The van der Waals surface area contributed by atoms with Gasteiger partial charge in [-0.2, -0.15) is 18.4 Å². The molecule has 1 aromatic carbocycles. The lowest BCUT2D eigenvalue weighted by Gasteiger charge is -2.15. The summed E-state index contributed by atoms with van der Waals surface area (Å²) in [5.41, 5.74) is 3.32. The minimum absolute atomic E-state index is 0.147. The zero-order chi connectivity index (χ0) is 19.9. The lowest BCUT2D eigenvalue weighted by atomic mass is 10.2. The summed E-state index contributed by atoms with van der Waals surface area (Å²) < 4.78 is 68.7. The van der Waals surface area contributed by atoms with Crippen LogP contribution in [0.5, 0.6) is 0 Å². The topological polar surface area (TPSA) is 115 Å². The number of hydrogen-bond acceptors (Lipinski definition) is 6. The van der Waals surface area contributed by atoms with E-state index >= 15 is 0 Å². The van der Waals surface area contributed by atoms with Gasteiger partial charge in [-0.1, -0.05) is 0 Å². The van der Waals surface area contributed by atoms with Gasteiger partial charge in [-0.3, -0.25) is 0 Å². The number of benzene rings is 1. The fourth-order valence-corrected chi connectivity index (χ4v) is 3.22. The molecule has 0 atom stereocenters. The van der Waals surface area contributed by atoms with Crippen LogP contribution in [0.25, 0.3) is 5.69 Å². The summed E-state index contributed by atoms with van der Waals surface area (Å²) in [4.78, 5) is 11.0.